The van der Waals surface area contributed by atoms with Crippen molar-refractivity contribution in [3.63, 3.8) is 0 Å². The van der Waals surface area contributed by atoms with Gasteiger partial charge in [-0.2, -0.15) is 0 Å². The Morgan fingerprint density at radius 3 is 2.76 bits per heavy atom. The first-order valence-corrected chi connectivity index (χ1v) is 5.97. The third-order valence-corrected chi connectivity index (χ3v) is 3.14. The van der Waals surface area contributed by atoms with E-state index in [-0.39, 0.29) is 18.5 Å². The average molecular weight is 234 g/mol. The molecular formula is C14H18O3. The van der Waals surface area contributed by atoms with Gasteiger partial charge in [0.1, 0.15) is 5.78 Å². The van der Waals surface area contributed by atoms with Gasteiger partial charge in [-0.25, -0.2) is 0 Å². The van der Waals surface area contributed by atoms with E-state index in [9.17, 15) is 4.79 Å². The topological polar surface area (TPSA) is 35.5 Å². The number of Topliss-reactive ketones (excluding diaryl/α,β-unsaturated/α-hetero) is 1. The van der Waals surface area contributed by atoms with Crippen LogP contribution in [0.25, 0.3) is 0 Å². The monoisotopic (exact) mass is 234 g/mol. The van der Waals surface area contributed by atoms with Gasteiger partial charge in [0, 0.05) is 12.0 Å². The van der Waals surface area contributed by atoms with E-state index in [1.807, 2.05) is 18.2 Å². The molecule has 1 aromatic carbocycles. The standard InChI is InChI=1S/C14H18O3/c1-9(2)12(7-10(3)15)11-5-4-6-13-14(11)17-8-16-13/h4-6,9,12H,7-8H2,1-3H3. The minimum atomic E-state index is 0.198. The molecule has 0 saturated heterocycles. The van der Waals surface area contributed by atoms with E-state index in [1.54, 1.807) is 6.92 Å². The van der Waals surface area contributed by atoms with Gasteiger partial charge >= 0.3 is 0 Å². The summed E-state index contributed by atoms with van der Waals surface area (Å²) in [4.78, 5) is 11.4. The predicted octanol–water partition coefficient (Wildman–Crippen LogP) is 3.13. The fourth-order valence-corrected chi connectivity index (χ4v) is 2.26. The number of carbonyl (C=O) groups is 1. The molecule has 92 valence electrons. The lowest BCUT2D eigenvalue weighted by Crippen LogP contribution is -2.11. The van der Waals surface area contributed by atoms with Gasteiger partial charge in [-0.1, -0.05) is 26.0 Å². The highest BCUT2D eigenvalue weighted by atomic mass is 16.7. The molecule has 3 nitrogen and oxygen atoms in total. The van der Waals surface area contributed by atoms with E-state index in [0.29, 0.717) is 12.3 Å². The molecule has 1 aliphatic rings. The molecule has 1 unspecified atom stereocenters. The molecule has 0 saturated carbocycles. The third kappa shape index (κ3) is 2.43. The Bertz CT molecular complexity index is 423. The molecule has 1 aromatic rings. The number of ether oxygens (including phenoxy) is 2. The second-order valence-corrected chi connectivity index (χ2v) is 4.84. The van der Waals surface area contributed by atoms with Gasteiger partial charge in [-0.3, -0.25) is 0 Å². The number of benzene rings is 1. The third-order valence-electron chi connectivity index (χ3n) is 3.14. The van der Waals surface area contributed by atoms with Crippen LogP contribution < -0.4 is 9.47 Å². The first kappa shape index (κ1) is 12.0. The van der Waals surface area contributed by atoms with E-state index >= 15 is 0 Å². The van der Waals surface area contributed by atoms with Crippen molar-refractivity contribution in [1.82, 2.24) is 0 Å². The van der Waals surface area contributed by atoms with E-state index in [0.717, 1.165) is 17.1 Å². The van der Waals surface area contributed by atoms with Crippen molar-refractivity contribution in [2.75, 3.05) is 6.79 Å². The summed E-state index contributed by atoms with van der Waals surface area (Å²) < 4.78 is 10.9. The summed E-state index contributed by atoms with van der Waals surface area (Å²) in [7, 11) is 0. The van der Waals surface area contributed by atoms with Gasteiger partial charge in [0.05, 0.1) is 0 Å². The summed E-state index contributed by atoms with van der Waals surface area (Å²) in [6.07, 6.45) is 0.553. The van der Waals surface area contributed by atoms with Crippen molar-refractivity contribution in [3.8, 4) is 11.5 Å². The Kier molecular flexibility index (Phi) is 3.36. The molecule has 0 spiro atoms. The maximum absolute atomic E-state index is 11.4. The van der Waals surface area contributed by atoms with E-state index in [1.165, 1.54) is 0 Å². The lowest BCUT2D eigenvalue weighted by atomic mass is 9.84. The predicted molar refractivity (Wildman–Crippen MR) is 65.4 cm³/mol. The normalized spacial score (nSPS) is 15.1. The van der Waals surface area contributed by atoms with Crippen molar-refractivity contribution in [2.24, 2.45) is 5.92 Å². The van der Waals surface area contributed by atoms with Gasteiger partial charge in [0.15, 0.2) is 11.5 Å². The number of para-hydroxylation sites is 1. The van der Waals surface area contributed by atoms with Gasteiger partial charge in [-0.05, 0) is 24.8 Å². The van der Waals surface area contributed by atoms with Gasteiger partial charge in [-0.15, -0.1) is 0 Å². The van der Waals surface area contributed by atoms with Crippen LogP contribution in [0, 0.1) is 5.92 Å². The lowest BCUT2D eigenvalue weighted by Gasteiger charge is -2.21. The summed E-state index contributed by atoms with van der Waals surface area (Å²) in [5, 5.41) is 0. The zero-order valence-corrected chi connectivity index (χ0v) is 10.5. The molecule has 0 aliphatic carbocycles. The van der Waals surface area contributed by atoms with Crippen molar-refractivity contribution < 1.29 is 14.3 Å². The van der Waals surface area contributed by atoms with Crippen molar-refractivity contribution in [1.29, 1.82) is 0 Å². The molecule has 3 heteroatoms. The highest BCUT2D eigenvalue weighted by Gasteiger charge is 2.26. The molecule has 0 amide bonds. The molecule has 0 aromatic heterocycles. The molecule has 0 radical (unpaired) electrons. The summed E-state index contributed by atoms with van der Waals surface area (Å²) in [6, 6.07) is 5.89. The fourth-order valence-electron chi connectivity index (χ4n) is 2.26. The Morgan fingerprint density at radius 2 is 2.12 bits per heavy atom. The summed E-state index contributed by atoms with van der Waals surface area (Å²) in [5.41, 5.74) is 1.09. The van der Waals surface area contributed by atoms with Crippen molar-refractivity contribution >= 4 is 5.78 Å². The van der Waals surface area contributed by atoms with Crippen LogP contribution in [0.4, 0.5) is 0 Å². The lowest BCUT2D eigenvalue weighted by molar-refractivity contribution is -0.117. The molecule has 0 bridgehead atoms. The summed E-state index contributed by atoms with van der Waals surface area (Å²) in [5.74, 6) is 2.41. The Hall–Kier alpha value is -1.51. The number of carbonyl (C=O) groups excluding carboxylic acids is 1. The van der Waals surface area contributed by atoms with E-state index < -0.39 is 0 Å². The molecule has 1 atom stereocenters. The molecule has 0 fully saturated rings. The van der Waals surface area contributed by atoms with Crippen LogP contribution in [0.3, 0.4) is 0 Å². The summed E-state index contributed by atoms with van der Waals surface area (Å²) >= 11 is 0. The highest BCUT2D eigenvalue weighted by molar-refractivity contribution is 5.76. The second-order valence-electron chi connectivity index (χ2n) is 4.84. The molecule has 2 rings (SSSR count). The number of ketones is 1. The van der Waals surface area contributed by atoms with Gasteiger partial charge in [0.25, 0.3) is 0 Å². The average Bonchev–Trinajstić information content (AvgIpc) is 2.73. The van der Waals surface area contributed by atoms with Crippen molar-refractivity contribution in [3.05, 3.63) is 23.8 Å². The van der Waals surface area contributed by atoms with Crippen LogP contribution in [0.15, 0.2) is 18.2 Å². The Balaban J connectivity index is 2.36. The zero-order chi connectivity index (χ0) is 12.4. The van der Waals surface area contributed by atoms with Crippen LogP contribution in [-0.4, -0.2) is 12.6 Å². The smallest absolute Gasteiger partial charge is 0.231 e. The highest BCUT2D eigenvalue weighted by Crippen LogP contribution is 2.42. The van der Waals surface area contributed by atoms with Crippen LogP contribution >= 0.6 is 0 Å². The van der Waals surface area contributed by atoms with Crippen LogP contribution in [0.2, 0.25) is 0 Å². The number of rotatable bonds is 4. The SMILES string of the molecule is CC(=O)CC(c1cccc2c1OCO2)C(C)C. The molecule has 1 aliphatic heterocycles. The number of hydrogen-bond donors (Lipinski definition) is 0. The second kappa shape index (κ2) is 4.78. The molecule has 1 heterocycles. The van der Waals surface area contributed by atoms with Crippen LogP contribution in [-0.2, 0) is 4.79 Å². The quantitative estimate of drug-likeness (QED) is 0.802. The van der Waals surface area contributed by atoms with E-state index in [4.69, 9.17) is 9.47 Å². The van der Waals surface area contributed by atoms with Crippen LogP contribution in [0.1, 0.15) is 38.7 Å². The molecular weight excluding hydrogens is 216 g/mol. The summed E-state index contributed by atoms with van der Waals surface area (Å²) in [6.45, 7) is 6.17. The largest absolute Gasteiger partial charge is 0.454 e. The Morgan fingerprint density at radius 1 is 1.35 bits per heavy atom. The maximum Gasteiger partial charge on any atom is 0.231 e. The maximum atomic E-state index is 11.4. The van der Waals surface area contributed by atoms with Gasteiger partial charge < -0.3 is 14.3 Å². The zero-order valence-electron chi connectivity index (χ0n) is 10.5. The minimum Gasteiger partial charge on any atom is -0.454 e. The van der Waals surface area contributed by atoms with E-state index in [2.05, 4.69) is 13.8 Å². The van der Waals surface area contributed by atoms with Crippen LogP contribution in [0.5, 0.6) is 11.5 Å². The van der Waals surface area contributed by atoms with Crippen molar-refractivity contribution in [2.45, 2.75) is 33.1 Å². The minimum absolute atomic E-state index is 0.198. The molecule has 17 heavy (non-hydrogen) atoms. The number of hydrogen-bond acceptors (Lipinski definition) is 3. The first-order chi connectivity index (χ1) is 8.09. The Labute approximate surface area is 102 Å². The molecule has 0 N–H and O–H groups in total. The first-order valence-electron chi connectivity index (χ1n) is 5.97. The fraction of sp³-hybridized carbons (Fsp3) is 0.500. The van der Waals surface area contributed by atoms with Gasteiger partial charge in [0.2, 0.25) is 6.79 Å². The number of fused-ring (bicyclic) bond motifs is 1.